The molecule has 1 atom stereocenters. The number of nitrogen functional groups attached to an aromatic ring is 1. The van der Waals surface area contributed by atoms with Gasteiger partial charge in [0.25, 0.3) is 0 Å². The third-order valence-corrected chi connectivity index (χ3v) is 4.10. The second-order valence-corrected chi connectivity index (χ2v) is 5.69. The van der Waals surface area contributed by atoms with Crippen molar-refractivity contribution in [2.45, 2.75) is 19.4 Å². The van der Waals surface area contributed by atoms with Gasteiger partial charge >= 0.3 is 0 Å². The van der Waals surface area contributed by atoms with Gasteiger partial charge in [0.1, 0.15) is 0 Å². The van der Waals surface area contributed by atoms with Crippen molar-refractivity contribution in [2.24, 2.45) is 11.7 Å². The average molecular weight is 312 g/mol. The molecule has 18 heavy (non-hydrogen) atoms. The molecule has 5 heteroatoms. The first-order valence-electron chi connectivity index (χ1n) is 6.12. The molecule has 1 saturated heterocycles. The van der Waals surface area contributed by atoms with Crippen LogP contribution in [0.5, 0.6) is 0 Å². The number of amides is 1. The van der Waals surface area contributed by atoms with Crippen molar-refractivity contribution in [1.82, 2.24) is 4.90 Å². The summed E-state index contributed by atoms with van der Waals surface area (Å²) in [7, 11) is 0. The summed E-state index contributed by atoms with van der Waals surface area (Å²) >= 11 is 3.38. The van der Waals surface area contributed by atoms with E-state index in [1.807, 2.05) is 18.2 Å². The molecular weight excluding hydrogens is 294 g/mol. The zero-order valence-electron chi connectivity index (χ0n) is 10.2. The molecule has 4 nitrogen and oxygen atoms in total. The standard InChI is InChI=1S/C13H18BrN3O/c14-11-4-3-9(6-12(11)15)7-17-5-1-2-10(8-17)13(16)18/h3-4,6,10H,1-2,5,7-8,15H2,(H2,16,18). The summed E-state index contributed by atoms with van der Waals surface area (Å²) < 4.78 is 0.917. The molecule has 0 saturated carbocycles. The van der Waals surface area contributed by atoms with Gasteiger partial charge in [-0.1, -0.05) is 6.07 Å². The Kier molecular flexibility index (Phi) is 4.24. The largest absolute Gasteiger partial charge is 0.398 e. The summed E-state index contributed by atoms with van der Waals surface area (Å²) in [4.78, 5) is 13.5. The maximum absolute atomic E-state index is 11.2. The molecule has 1 aliphatic heterocycles. The molecule has 0 spiro atoms. The van der Waals surface area contributed by atoms with Gasteiger partial charge in [-0.3, -0.25) is 9.69 Å². The number of benzene rings is 1. The van der Waals surface area contributed by atoms with E-state index in [2.05, 4.69) is 20.8 Å². The van der Waals surface area contributed by atoms with E-state index in [0.29, 0.717) is 0 Å². The fraction of sp³-hybridized carbons (Fsp3) is 0.462. The predicted octanol–water partition coefficient (Wildman–Crippen LogP) is 1.73. The number of likely N-dealkylation sites (tertiary alicyclic amines) is 1. The number of carbonyl (C=O) groups excluding carboxylic acids is 1. The number of nitrogens with zero attached hydrogens (tertiary/aromatic N) is 1. The van der Waals surface area contributed by atoms with Gasteiger partial charge < -0.3 is 11.5 Å². The fourth-order valence-corrected chi connectivity index (χ4v) is 2.63. The van der Waals surface area contributed by atoms with E-state index in [1.165, 1.54) is 5.56 Å². The highest BCUT2D eigenvalue weighted by Crippen LogP contribution is 2.23. The van der Waals surface area contributed by atoms with E-state index in [9.17, 15) is 4.79 Å². The number of rotatable bonds is 3. The molecule has 1 aliphatic rings. The van der Waals surface area contributed by atoms with Crippen LogP contribution in [0.3, 0.4) is 0 Å². The third-order valence-electron chi connectivity index (χ3n) is 3.37. The lowest BCUT2D eigenvalue weighted by Crippen LogP contribution is -2.40. The molecule has 0 aromatic heterocycles. The molecular formula is C13H18BrN3O. The Morgan fingerprint density at radius 3 is 2.94 bits per heavy atom. The normalized spacial score (nSPS) is 20.8. The molecule has 4 N–H and O–H groups in total. The number of hydrogen-bond acceptors (Lipinski definition) is 3. The van der Waals surface area contributed by atoms with Crippen molar-refractivity contribution in [3.8, 4) is 0 Å². The molecule has 0 bridgehead atoms. The first kappa shape index (κ1) is 13.4. The minimum atomic E-state index is -0.185. The van der Waals surface area contributed by atoms with Gasteiger partial charge in [0.15, 0.2) is 0 Å². The van der Waals surface area contributed by atoms with E-state index in [1.54, 1.807) is 0 Å². The second-order valence-electron chi connectivity index (χ2n) is 4.83. The Morgan fingerprint density at radius 1 is 1.50 bits per heavy atom. The molecule has 1 aromatic rings. The Morgan fingerprint density at radius 2 is 2.28 bits per heavy atom. The fourth-order valence-electron chi connectivity index (χ4n) is 2.38. The van der Waals surface area contributed by atoms with Gasteiger partial charge in [-0.25, -0.2) is 0 Å². The molecule has 0 aliphatic carbocycles. The SMILES string of the molecule is NC(=O)C1CCCN(Cc2ccc(Br)c(N)c2)C1. The van der Waals surface area contributed by atoms with Crippen molar-refractivity contribution in [3.63, 3.8) is 0 Å². The third kappa shape index (κ3) is 3.23. The zero-order valence-corrected chi connectivity index (χ0v) is 11.8. The van der Waals surface area contributed by atoms with E-state index < -0.39 is 0 Å². The van der Waals surface area contributed by atoms with Gasteiger partial charge in [-0.15, -0.1) is 0 Å². The lowest BCUT2D eigenvalue weighted by molar-refractivity contribution is -0.123. The van der Waals surface area contributed by atoms with Crippen LogP contribution in [0.1, 0.15) is 18.4 Å². The zero-order chi connectivity index (χ0) is 13.1. The van der Waals surface area contributed by atoms with E-state index >= 15 is 0 Å². The number of anilines is 1. The van der Waals surface area contributed by atoms with Crippen molar-refractivity contribution < 1.29 is 4.79 Å². The highest BCUT2D eigenvalue weighted by Gasteiger charge is 2.23. The summed E-state index contributed by atoms with van der Waals surface area (Å²) in [5, 5.41) is 0. The number of hydrogen-bond donors (Lipinski definition) is 2. The van der Waals surface area contributed by atoms with Crippen LogP contribution in [0.25, 0.3) is 0 Å². The van der Waals surface area contributed by atoms with Crippen LogP contribution < -0.4 is 11.5 Å². The molecule has 1 aromatic carbocycles. The first-order valence-corrected chi connectivity index (χ1v) is 6.91. The summed E-state index contributed by atoms with van der Waals surface area (Å²) in [6, 6.07) is 5.98. The summed E-state index contributed by atoms with van der Waals surface area (Å²) in [6.07, 6.45) is 1.94. The minimum absolute atomic E-state index is 0.00783. The monoisotopic (exact) mass is 311 g/mol. The van der Waals surface area contributed by atoms with Crippen LogP contribution in [0.15, 0.2) is 22.7 Å². The maximum Gasteiger partial charge on any atom is 0.221 e. The Balaban J connectivity index is 2.00. The number of nitrogens with two attached hydrogens (primary N) is 2. The molecule has 1 heterocycles. The minimum Gasteiger partial charge on any atom is -0.398 e. The Labute approximate surface area is 115 Å². The highest BCUT2D eigenvalue weighted by molar-refractivity contribution is 9.10. The Bertz CT molecular complexity index is 450. The van der Waals surface area contributed by atoms with Crippen LogP contribution >= 0.6 is 15.9 Å². The number of piperidine rings is 1. The first-order chi connectivity index (χ1) is 8.56. The smallest absolute Gasteiger partial charge is 0.221 e. The Hall–Kier alpha value is -1.07. The van der Waals surface area contributed by atoms with Crippen molar-refractivity contribution in [1.29, 1.82) is 0 Å². The van der Waals surface area contributed by atoms with Gasteiger partial charge in [-0.2, -0.15) is 0 Å². The van der Waals surface area contributed by atoms with E-state index in [4.69, 9.17) is 11.5 Å². The highest BCUT2D eigenvalue weighted by atomic mass is 79.9. The molecule has 1 amide bonds. The van der Waals surface area contributed by atoms with Crippen molar-refractivity contribution in [2.75, 3.05) is 18.8 Å². The lowest BCUT2D eigenvalue weighted by atomic mass is 9.97. The van der Waals surface area contributed by atoms with Gasteiger partial charge in [0.05, 0.1) is 5.92 Å². The average Bonchev–Trinajstić information content (AvgIpc) is 2.34. The summed E-state index contributed by atoms with van der Waals surface area (Å²) in [6.45, 7) is 2.59. The molecule has 2 rings (SSSR count). The lowest BCUT2D eigenvalue weighted by Gasteiger charge is -2.31. The van der Waals surface area contributed by atoms with Gasteiger partial charge in [0.2, 0.25) is 5.91 Å². The molecule has 98 valence electrons. The summed E-state index contributed by atoms with van der Waals surface area (Å²) in [5.74, 6) is -0.193. The molecule has 1 fully saturated rings. The van der Waals surface area contributed by atoms with Crippen molar-refractivity contribution >= 4 is 27.5 Å². The van der Waals surface area contributed by atoms with Crippen LogP contribution in [0, 0.1) is 5.92 Å². The molecule has 0 radical (unpaired) electrons. The van der Waals surface area contributed by atoms with Gasteiger partial charge in [-0.05, 0) is 53.0 Å². The topological polar surface area (TPSA) is 72.4 Å². The maximum atomic E-state index is 11.2. The van der Waals surface area contributed by atoms with E-state index in [0.717, 1.165) is 42.6 Å². The number of halogens is 1. The van der Waals surface area contributed by atoms with Gasteiger partial charge in [0, 0.05) is 23.2 Å². The van der Waals surface area contributed by atoms with Crippen LogP contribution in [-0.4, -0.2) is 23.9 Å². The number of carbonyl (C=O) groups is 1. The molecule has 1 unspecified atom stereocenters. The predicted molar refractivity (Wildman–Crippen MR) is 75.7 cm³/mol. The quantitative estimate of drug-likeness (QED) is 0.835. The van der Waals surface area contributed by atoms with Crippen LogP contribution in [0.2, 0.25) is 0 Å². The summed E-state index contributed by atoms with van der Waals surface area (Å²) in [5.41, 5.74) is 13.2. The number of primary amides is 1. The van der Waals surface area contributed by atoms with Crippen molar-refractivity contribution in [3.05, 3.63) is 28.2 Å². The van der Waals surface area contributed by atoms with Crippen LogP contribution in [-0.2, 0) is 11.3 Å². The second kappa shape index (κ2) is 5.71. The van der Waals surface area contributed by atoms with E-state index in [-0.39, 0.29) is 11.8 Å². The van der Waals surface area contributed by atoms with Crippen LogP contribution in [0.4, 0.5) is 5.69 Å².